The van der Waals surface area contributed by atoms with Gasteiger partial charge in [-0.1, -0.05) is 35.9 Å². The molecular weight excluding hydrogens is 276 g/mol. The van der Waals surface area contributed by atoms with Crippen molar-refractivity contribution in [3.05, 3.63) is 70.8 Å². The first-order chi connectivity index (χ1) is 9.60. The summed E-state index contributed by atoms with van der Waals surface area (Å²) in [6.45, 7) is 0. The molecule has 0 amide bonds. The van der Waals surface area contributed by atoms with Crippen molar-refractivity contribution in [2.24, 2.45) is 0 Å². The molecule has 0 bridgehead atoms. The Kier molecular flexibility index (Phi) is 4.43. The number of carboxylic acid groups (broad SMARTS) is 1. The summed E-state index contributed by atoms with van der Waals surface area (Å²) in [4.78, 5) is 10.9. The first-order valence-corrected chi connectivity index (χ1v) is 6.31. The second-order valence-electron chi connectivity index (χ2n) is 4.12. The summed E-state index contributed by atoms with van der Waals surface area (Å²) in [6.07, 6.45) is 1.06. The summed E-state index contributed by atoms with van der Waals surface area (Å²) in [6, 6.07) is 14.1. The van der Waals surface area contributed by atoms with Gasteiger partial charge in [-0.3, -0.25) is 0 Å². The molecule has 0 aliphatic carbocycles. The third kappa shape index (κ3) is 3.39. The topological polar surface area (TPSA) is 49.4 Å². The lowest BCUT2D eigenvalue weighted by Gasteiger charge is -2.10. The second-order valence-corrected chi connectivity index (χ2v) is 4.55. The summed E-state index contributed by atoms with van der Waals surface area (Å²) in [5.74, 6) is -0.552. The van der Waals surface area contributed by atoms with E-state index in [0.29, 0.717) is 21.9 Å². The van der Waals surface area contributed by atoms with Gasteiger partial charge >= 0.3 is 0 Å². The van der Waals surface area contributed by atoms with Gasteiger partial charge in [0.15, 0.2) is 0 Å². The number of ether oxygens (including phenoxy) is 1. The molecule has 2 rings (SSSR count). The number of rotatable bonds is 4. The molecule has 3 nitrogen and oxygen atoms in total. The minimum Gasteiger partial charge on any atom is -0.545 e. The minimum absolute atomic E-state index is 0.537. The normalized spacial score (nSPS) is 11.2. The Hall–Kier alpha value is -2.26. The fourth-order valence-corrected chi connectivity index (χ4v) is 2.07. The van der Waals surface area contributed by atoms with E-state index in [1.54, 1.807) is 55.6 Å². The van der Waals surface area contributed by atoms with Gasteiger partial charge in [0.05, 0.1) is 13.1 Å². The van der Waals surface area contributed by atoms with Gasteiger partial charge < -0.3 is 14.6 Å². The number of halogens is 1. The van der Waals surface area contributed by atoms with Crippen molar-refractivity contribution >= 4 is 23.1 Å². The Morgan fingerprint density at radius 2 is 1.85 bits per heavy atom. The Morgan fingerprint density at radius 3 is 2.40 bits per heavy atom. The molecule has 4 heteroatoms. The zero-order valence-corrected chi connectivity index (χ0v) is 11.6. The fourth-order valence-electron chi connectivity index (χ4n) is 1.88. The fraction of sp³-hybridized carbons (Fsp3) is 0.0625. The molecule has 0 N–H and O–H groups in total. The molecule has 0 aliphatic rings. The van der Waals surface area contributed by atoms with Crippen LogP contribution in [0.5, 0.6) is 5.75 Å². The number of methoxy groups -OCH3 is 1. The molecule has 0 spiro atoms. The van der Waals surface area contributed by atoms with Gasteiger partial charge in [-0.05, 0) is 47.0 Å². The van der Waals surface area contributed by atoms with Gasteiger partial charge in [0.1, 0.15) is 5.75 Å². The van der Waals surface area contributed by atoms with Crippen LogP contribution in [0.15, 0.2) is 54.6 Å². The zero-order valence-electron chi connectivity index (χ0n) is 10.8. The molecule has 0 radical (unpaired) electrons. The molecule has 0 unspecified atom stereocenters. The van der Waals surface area contributed by atoms with E-state index in [2.05, 4.69) is 0 Å². The first-order valence-electron chi connectivity index (χ1n) is 5.93. The SMILES string of the molecule is COc1ccc(/C(=C/C(=O)[O-])c2cccc(Cl)c2)cc1. The number of hydrogen-bond donors (Lipinski definition) is 0. The summed E-state index contributed by atoms with van der Waals surface area (Å²) < 4.78 is 5.09. The average molecular weight is 288 g/mol. The van der Waals surface area contributed by atoms with Gasteiger partial charge in [0, 0.05) is 5.02 Å². The van der Waals surface area contributed by atoms with E-state index in [1.807, 2.05) is 0 Å². The highest BCUT2D eigenvalue weighted by atomic mass is 35.5. The molecule has 0 heterocycles. The highest BCUT2D eigenvalue weighted by Gasteiger charge is 2.06. The molecule has 0 aliphatic heterocycles. The van der Waals surface area contributed by atoms with Crippen LogP contribution in [0.3, 0.4) is 0 Å². The van der Waals surface area contributed by atoms with Crippen LogP contribution in [0.25, 0.3) is 5.57 Å². The van der Waals surface area contributed by atoms with Crippen LogP contribution in [0.2, 0.25) is 5.02 Å². The number of hydrogen-bond acceptors (Lipinski definition) is 3. The summed E-state index contributed by atoms with van der Waals surface area (Å²) in [5.41, 5.74) is 2.00. The average Bonchev–Trinajstić information content (AvgIpc) is 2.45. The molecule has 2 aromatic rings. The van der Waals surface area contributed by atoms with E-state index in [4.69, 9.17) is 16.3 Å². The van der Waals surface area contributed by atoms with Crippen molar-refractivity contribution in [1.29, 1.82) is 0 Å². The maximum atomic E-state index is 10.9. The molecule has 0 fully saturated rings. The van der Waals surface area contributed by atoms with E-state index < -0.39 is 5.97 Å². The highest BCUT2D eigenvalue weighted by molar-refractivity contribution is 6.30. The third-order valence-electron chi connectivity index (χ3n) is 2.80. The molecule has 0 saturated heterocycles. The summed E-state index contributed by atoms with van der Waals surface area (Å²) in [5, 5.41) is 11.5. The van der Waals surface area contributed by atoms with Crippen molar-refractivity contribution in [3.8, 4) is 5.75 Å². The lowest BCUT2D eigenvalue weighted by atomic mass is 9.97. The van der Waals surface area contributed by atoms with Crippen molar-refractivity contribution in [1.82, 2.24) is 0 Å². The zero-order chi connectivity index (χ0) is 14.5. The van der Waals surface area contributed by atoms with E-state index >= 15 is 0 Å². The smallest absolute Gasteiger partial charge is 0.118 e. The Labute approximate surface area is 122 Å². The molecule has 2 aromatic carbocycles. The van der Waals surface area contributed by atoms with Crippen LogP contribution >= 0.6 is 11.6 Å². The lowest BCUT2D eigenvalue weighted by Crippen LogP contribution is -2.19. The van der Waals surface area contributed by atoms with Gasteiger partial charge in [-0.2, -0.15) is 0 Å². The second kappa shape index (κ2) is 6.26. The highest BCUT2D eigenvalue weighted by Crippen LogP contribution is 2.26. The van der Waals surface area contributed by atoms with E-state index in [9.17, 15) is 9.90 Å². The van der Waals surface area contributed by atoms with Crippen LogP contribution in [-0.4, -0.2) is 13.1 Å². The molecule has 0 saturated carbocycles. The van der Waals surface area contributed by atoms with E-state index in [-0.39, 0.29) is 0 Å². The Bertz CT molecular complexity index is 645. The Morgan fingerprint density at radius 1 is 1.15 bits per heavy atom. The van der Waals surface area contributed by atoms with Crippen LogP contribution in [0.1, 0.15) is 11.1 Å². The van der Waals surface area contributed by atoms with Gasteiger partial charge in [0.2, 0.25) is 0 Å². The van der Waals surface area contributed by atoms with Crippen molar-refractivity contribution < 1.29 is 14.6 Å². The molecule has 0 atom stereocenters. The monoisotopic (exact) mass is 287 g/mol. The standard InChI is InChI=1S/C16H13ClO3/c1-20-14-7-5-11(6-8-14)15(10-16(18)19)12-3-2-4-13(17)9-12/h2-10H,1H3,(H,18,19)/p-1/b15-10-. The van der Waals surface area contributed by atoms with Gasteiger partial charge in [0.25, 0.3) is 0 Å². The van der Waals surface area contributed by atoms with Crippen molar-refractivity contribution in [3.63, 3.8) is 0 Å². The van der Waals surface area contributed by atoms with Gasteiger partial charge in [-0.15, -0.1) is 0 Å². The molecule has 102 valence electrons. The maximum Gasteiger partial charge on any atom is 0.118 e. The number of aliphatic carboxylic acids is 1. The van der Waals surface area contributed by atoms with Crippen LogP contribution in [0, 0.1) is 0 Å². The van der Waals surface area contributed by atoms with Crippen molar-refractivity contribution in [2.75, 3.05) is 7.11 Å². The maximum absolute atomic E-state index is 10.9. The number of carboxylic acids is 1. The van der Waals surface area contributed by atoms with E-state index in [0.717, 1.165) is 11.6 Å². The van der Waals surface area contributed by atoms with Crippen LogP contribution < -0.4 is 9.84 Å². The Balaban J connectivity index is 2.50. The minimum atomic E-state index is -1.25. The predicted octanol–water partition coefficient (Wildman–Crippen LogP) is 2.53. The van der Waals surface area contributed by atoms with Crippen LogP contribution in [0.4, 0.5) is 0 Å². The number of carbonyl (C=O) groups excluding carboxylic acids is 1. The quantitative estimate of drug-likeness (QED) is 0.812. The molecular formula is C16H12ClO3-. The van der Waals surface area contributed by atoms with Crippen LogP contribution in [-0.2, 0) is 4.79 Å². The predicted molar refractivity (Wildman–Crippen MR) is 76.5 cm³/mol. The molecule has 0 aromatic heterocycles. The summed E-state index contributed by atoms with van der Waals surface area (Å²) in [7, 11) is 1.57. The van der Waals surface area contributed by atoms with Crippen molar-refractivity contribution in [2.45, 2.75) is 0 Å². The lowest BCUT2D eigenvalue weighted by molar-refractivity contribution is -0.297. The third-order valence-corrected chi connectivity index (χ3v) is 3.03. The van der Waals surface area contributed by atoms with E-state index in [1.165, 1.54) is 0 Å². The number of carbonyl (C=O) groups is 1. The largest absolute Gasteiger partial charge is 0.545 e. The summed E-state index contributed by atoms with van der Waals surface area (Å²) >= 11 is 5.95. The van der Waals surface area contributed by atoms with Gasteiger partial charge in [-0.25, -0.2) is 0 Å². The molecule has 20 heavy (non-hydrogen) atoms. The number of benzene rings is 2. The first kappa shape index (κ1) is 14.2.